The normalized spacial score (nSPS) is 16.4. The molecule has 0 radical (unpaired) electrons. The van der Waals surface area contributed by atoms with Gasteiger partial charge in [-0.05, 0) is 38.7 Å². The standard InChI is InChI=1S/C24H25F2N5O3/c1-14-22(15(2)34-29-14)17-7-20-23(27-8-17)19(18-9-28-31(11-18)13-21(32)33)12-30(20)10-16-3-5-24(25,26)6-4-16/h7-9,11-12,16H,3-6,10,13H2,1-2H3,(H,32,33). The molecule has 178 valence electrons. The van der Waals surface area contributed by atoms with E-state index in [0.717, 1.165) is 39.0 Å². The number of aryl methyl sites for hydroxylation is 2. The summed E-state index contributed by atoms with van der Waals surface area (Å²) in [5.74, 6) is -2.72. The summed E-state index contributed by atoms with van der Waals surface area (Å²) < 4.78 is 36.1. The van der Waals surface area contributed by atoms with Gasteiger partial charge in [-0.25, -0.2) is 8.78 Å². The summed E-state index contributed by atoms with van der Waals surface area (Å²) in [6, 6.07) is 2.03. The van der Waals surface area contributed by atoms with E-state index in [1.54, 1.807) is 18.6 Å². The van der Waals surface area contributed by atoms with E-state index in [2.05, 4.69) is 14.8 Å². The molecule has 4 heterocycles. The second kappa shape index (κ2) is 8.34. The van der Waals surface area contributed by atoms with Crippen LogP contribution in [0.4, 0.5) is 8.78 Å². The van der Waals surface area contributed by atoms with Gasteiger partial charge in [-0.3, -0.25) is 14.5 Å². The van der Waals surface area contributed by atoms with Crippen molar-refractivity contribution in [1.29, 1.82) is 0 Å². The third kappa shape index (κ3) is 4.20. The molecule has 4 aromatic rings. The molecule has 8 nitrogen and oxygen atoms in total. The molecule has 0 unspecified atom stereocenters. The van der Waals surface area contributed by atoms with E-state index >= 15 is 0 Å². The first-order valence-electron chi connectivity index (χ1n) is 11.2. The van der Waals surface area contributed by atoms with E-state index < -0.39 is 11.9 Å². The zero-order valence-corrected chi connectivity index (χ0v) is 19.0. The number of aromatic nitrogens is 5. The predicted octanol–water partition coefficient (Wildman–Crippen LogP) is 5.08. The molecule has 1 fully saturated rings. The molecule has 0 saturated heterocycles. The number of alkyl halides is 2. The second-order valence-corrected chi connectivity index (χ2v) is 9.11. The van der Waals surface area contributed by atoms with E-state index in [4.69, 9.17) is 14.6 Å². The molecule has 0 amide bonds. The third-order valence-corrected chi connectivity index (χ3v) is 6.57. The molecule has 1 N–H and O–H groups in total. The van der Waals surface area contributed by atoms with Crippen molar-refractivity contribution in [3.05, 3.63) is 42.3 Å². The Balaban J connectivity index is 1.57. The van der Waals surface area contributed by atoms with Crippen molar-refractivity contribution in [1.82, 2.24) is 24.5 Å². The fraction of sp³-hybridized carbons (Fsp3) is 0.417. The number of pyridine rings is 1. The van der Waals surface area contributed by atoms with Crippen molar-refractivity contribution in [2.24, 2.45) is 5.92 Å². The van der Waals surface area contributed by atoms with Crippen LogP contribution in [0.15, 0.2) is 35.4 Å². The van der Waals surface area contributed by atoms with Crippen molar-refractivity contribution in [2.45, 2.75) is 58.5 Å². The second-order valence-electron chi connectivity index (χ2n) is 9.11. The van der Waals surface area contributed by atoms with Crippen molar-refractivity contribution in [3.8, 4) is 22.3 Å². The van der Waals surface area contributed by atoms with Crippen LogP contribution in [0.5, 0.6) is 0 Å². The number of carbonyl (C=O) groups is 1. The molecule has 34 heavy (non-hydrogen) atoms. The quantitative estimate of drug-likeness (QED) is 0.423. The average molecular weight is 469 g/mol. The Morgan fingerprint density at radius 1 is 1.21 bits per heavy atom. The molecule has 1 saturated carbocycles. The number of halogens is 2. The summed E-state index contributed by atoms with van der Waals surface area (Å²) >= 11 is 0. The van der Waals surface area contributed by atoms with Gasteiger partial charge in [-0.2, -0.15) is 5.10 Å². The first-order valence-corrected chi connectivity index (χ1v) is 11.2. The minimum absolute atomic E-state index is 0.0890. The zero-order valence-electron chi connectivity index (χ0n) is 19.0. The minimum Gasteiger partial charge on any atom is -0.480 e. The fourth-order valence-corrected chi connectivity index (χ4v) is 4.85. The molecule has 0 aliphatic heterocycles. The van der Waals surface area contributed by atoms with Crippen molar-refractivity contribution in [2.75, 3.05) is 0 Å². The molecule has 1 aliphatic rings. The summed E-state index contributed by atoms with van der Waals surface area (Å²) in [4.78, 5) is 15.8. The molecule has 0 spiro atoms. The van der Waals surface area contributed by atoms with Crippen LogP contribution in [-0.2, 0) is 17.9 Å². The molecule has 0 atom stereocenters. The number of fused-ring (bicyclic) bond motifs is 1. The lowest BCUT2D eigenvalue weighted by Gasteiger charge is -2.28. The number of hydrogen-bond donors (Lipinski definition) is 1. The van der Waals surface area contributed by atoms with E-state index in [1.165, 1.54) is 4.68 Å². The lowest BCUT2D eigenvalue weighted by molar-refractivity contribution is -0.137. The zero-order chi connectivity index (χ0) is 24.0. The molecule has 0 aromatic carbocycles. The number of rotatable bonds is 6. The first kappa shape index (κ1) is 22.2. The summed E-state index contributed by atoms with van der Waals surface area (Å²) in [6.07, 6.45) is 7.79. The Hall–Kier alpha value is -3.56. The lowest BCUT2D eigenvalue weighted by Crippen LogP contribution is -2.26. The number of aliphatic carboxylic acids is 1. The fourth-order valence-electron chi connectivity index (χ4n) is 4.85. The smallest absolute Gasteiger partial charge is 0.325 e. The highest BCUT2D eigenvalue weighted by Gasteiger charge is 2.35. The van der Waals surface area contributed by atoms with Crippen molar-refractivity contribution < 1.29 is 23.2 Å². The van der Waals surface area contributed by atoms with Crippen molar-refractivity contribution in [3.63, 3.8) is 0 Å². The van der Waals surface area contributed by atoms with Gasteiger partial charge in [0.25, 0.3) is 0 Å². The lowest BCUT2D eigenvalue weighted by atomic mass is 9.87. The van der Waals surface area contributed by atoms with Crippen LogP contribution in [0, 0.1) is 19.8 Å². The Morgan fingerprint density at radius 2 is 1.97 bits per heavy atom. The maximum atomic E-state index is 13.7. The van der Waals surface area contributed by atoms with Gasteiger partial charge >= 0.3 is 5.97 Å². The monoisotopic (exact) mass is 469 g/mol. The van der Waals surface area contributed by atoms with Crippen LogP contribution in [-0.4, -0.2) is 41.5 Å². The van der Waals surface area contributed by atoms with Gasteiger partial charge < -0.3 is 14.2 Å². The molecule has 0 bridgehead atoms. The van der Waals surface area contributed by atoms with Gasteiger partial charge in [0.1, 0.15) is 12.3 Å². The van der Waals surface area contributed by atoms with Gasteiger partial charge in [-0.15, -0.1) is 0 Å². The largest absolute Gasteiger partial charge is 0.480 e. The van der Waals surface area contributed by atoms with Gasteiger partial charge in [0.15, 0.2) is 0 Å². The Labute approximate surface area is 194 Å². The Bertz CT molecular complexity index is 1340. The van der Waals surface area contributed by atoms with Crippen LogP contribution >= 0.6 is 0 Å². The molecule has 1 aliphatic carbocycles. The van der Waals surface area contributed by atoms with Gasteiger partial charge in [0.05, 0.1) is 22.9 Å². The Kier molecular flexibility index (Phi) is 5.45. The predicted molar refractivity (Wildman–Crippen MR) is 120 cm³/mol. The number of hydrogen-bond acceptors (Lipinski definition) is 5. The molecular weight excluding hydrogens is 444 g/mol. The van der Waals surface area contributed by atoms with Crippen LogP contribution in [0.1, 0.15) is 37.1 Å². The average Bonchev–Trinajstić information content (AvgIpc) is 3.47. The summed E-state index contributed by atoms with van der Waals surface area (Å²) in [7, 11) is 0. The number of carboxylic acids is 1. The number of nitrogens with zero attached hydrogens (tertiary/aromatic N) is 5. The van der Waals surface area contributed by atoms with E-state index in [-0.39, 0.29) is 25.3 Å². The van der Waals surface area contributed by atoms with E-state index in [1.807, 2.05) is 26.1 Å². The van der Waals surface area contributed by atoms with Crippen molar-refractivity contribution >= 4 is 17.0 Å². The highest BCUT2D eigenvalue weighted by molar-refractivity contribution is 5.94. The SMILES string of the molecule is Cc1noc(C)c1-c1cnc2c(-c3cnn(CC(=O)O)c3)cn(CC3CCC(F)(F)CC3)c2c1. The third-order valence-electron chi connectivity index (χ3n) is 6.57. The van der Waals surface area contributed by atoms with Crippen LogP contribution < -0.4 is 0 Å². The van der Waals surface area contributed by atoms with E-state index in [9.17, 15) is 13.6 Å². The molecule has 10 heteroatoms. The topological polar surface area (TPSA) is 99.0 Å². The highest BCUT2D eigenvalue weighted by atomic mass is 19.3. The van der Waals surface area contributed by atoms with E-state index in [0.29, 0.717) is 25.1 Å². The van der Waals surface area contributed by atoms with Crippen LogP contribution in [0.25, 0.3) is 33.3 Å². The maximum absolute atomic E-state index is 13.7. The maximum Gasteiger partial charge on any atom is 0.325 e. The highest BCUT2D eigenvalue weighted by Crippen LogP contribution is 2.39. The summed E-state index contributed by atoms with van der Waals surface area (Å²) in [6.45, 7) is 4.09. The van der Waals surface area contributed by atoms with Gasteiger partial charge in [-0.1, -0.05) is 5.16 Å². The van der Waals surface area contributed by atoms with Crippen LogP contribution in [0.2, 0.25) is 0 Å². The molecule has 5 rings (SSSR count). The molecule has 4 aromatic heterocycles. The Morgan fingerprint density at radius 3 is 2.65 bits per heavy atom. The van der Waals surface area contributed by atoms with Gasteiger partial charge in [0.2, 0.25) is 5.92 Å². The summed E-state index contributed by atoms with van der Waals surface area (Å²) in [5, 5.41) is 17.3. The minimum atomic E-state index is -2.57. The molecular formula is C24H25F2N5O3. The summed E-state index contributed by atoms with van der Waals surface area (Å²) in [5.41, 5.74) is 5.70. The van der Waals surface area contributed by atoms with Gasteiger partial charge in [0, 0.05) is 60.2 Å². The van der Waals surface area contributed by atoms with Crippen LogP contribution in [0.3, 0.4) is 0 Å². The number of carboxylic acid groups (broad SMARTS) is 1. The first-order chi connectivity index (χ1) is 16.2.